The fourth-order valence-corrected chi connectivity index (χ4v) is 3.06. The highest BCUT2D eigenvalue weighted by atomic mass is 16.3. The summed E-state index contributed by atoms with van der Waals surface area (Å²) < 4.78 is 1.35. The summed E-state index contributed by atoms with van der Waals surface area (Å²) in [5, 5.41) is 33.2. The van der Waals surface area contributed by atoms with Crippen molar-refractivity contribution in [3.05, 3.63) is 12.2 Å². The van der Waals surface area contributed by atoms with Gasteiger partial charge in [-0.2, -0.15) is 0 Å². The van der Waals surface area contributed by atoms with Gasteiger partial charge in [0.1, 0.15) is 12.4 Å². The fourth-order valence-electron chi connectivity index (χ4n) is 3.06. The van der Waals surface area contributed by atoms with Gasteiger partial charge in [-0.1, -0.05) is 0 Å². The quantitative estimate of drug-likeness (QED) is 0.477. The first-order valence-electron chi connectivity index (χ1n) is 5.69. The van der Waals surface area contributed by atoms with E-state index in [9.17, 15) is 20.1 Å². The third-order valence-electron chi connectivity index (χ3n) is 4.18. The van der Waals surface area contributed by atoms with Gasteiger partial charge in [-0.15, -0.1) is 5.10 Å². The molecule has 8 nitrogen and oxygen atoms in total. The molecule has 0 unspecified atom stereocenters. The predicted octanol–water partition coefficient (Wildman–Crippen LogP) is -2.35. The molecule has 5 N–H and O–H groups in total. The monoisotopic (exact) mass is 254 g/mol. The number of nitrogens with two attached hydrogens (primary N) is 1. The van der Waals surface area contributed by atoms with Crippen LogP contribution >= 0.6 is 0 Å². The molecule has 0 saturated heterocycles. The van der Waals surface area contributed by atoms with Crippen molar-refractivity contribution in [1.29, 1.82) is 0 Å². The van der Waals surface area contributed by atoms with Crippen LogP contribution in [0.4, 0.5) is 0 Å². The normalized spacial score (nSPS) is 41.7. The van der Waals surface area contributed by atoms with Crippen LogP contribution in [0.25, 0.3) is 0 Å². The molecule has 2 aliphatic rings. The summed E-state index contributed by atoms with van der Waals surface area (Å²) in [7, 11) is 0. The number of hydrogen-bond donors (Lipinski definition) is 4. The molecule has 1 aromatic rings. The van der Waals surface area contributed by atoms with E-state index in [0.717, 1.165) is 0 Å². The van der Waals surface area contributed by atoms with Crippen molar-refractivity contribution < 1.29 is 20.1 Å². The second-order valence-corrected chi connectivity index (χ2v) is 5.04. The van der Waals surface area contributed by atoms with Crippen molar-refractivity contribution in [2.45, 2.75) is 24.7 Å². The molecule has 3 rings (SSSR count). The molecule has 5 atom stereocenters. The molecule has 1 amide bonds. The summed E-state index contributed by atoms with van der Waals surface area (Å²) in [6.45, 7) is -0.177. The lowest BCUT2D eigenvalue weighted by atomic mass is 10.0. The summed E-state index contributed by atoms with van der Waals surface area (Å²) in [6, 6.07) is -0.479. The van der Waals surface area contributed by atoms with E-state index < -0.39 is 29.6 Å². The van der Waals surface area contributed by atoms with E-state index in [4.69, 9.17) is 5.73 Å². The van der Waals surface area contributed by atoms with E-state index in [2.05, 4.69) is 10.1 Å². The lowest BCUT2D eigenvalue weighted by molar-refractivity contribution is -0.0318. The number of hydrogen-bond acceptors (Lipinski definition) is 6. The molecule has 1 heterocycles. The van der Waals surface area contributed by atoms with Crippen LogP contribution < -0.4 is 5.73 Å². The molecule has 0 aliphatic heterocycles. The van der Waals surface area contributed by atoms with Gasteiger partial charge in [0.05, 0.1) is 18.8 Å². The molecule has 18 heavy (non-hydrogen) atoms. The first kappa shape index (κ1) is 11.6. The van der Waals surface area contributed by atoms with Crippen molar-refractivity contribution >= 4 is 5.91 Å². The van der Waals surface area contributed by atoms with Gasteiger partial charge in [-0.3, -0.25) is 4.79 Å². The molecule has 2 saturated carbocycles. The average molecular weight is 254 g/mol. The molecule has 0 bridgehead atoms. The van der Waals surface area contributed by atoms with Crippen LogP contribution in [-0.2, 0) is 0 Å². The number of amides is 1. The van der Waals surface area contributed by atoms with Gasteiger partial charge in [-0.05, 0) is 12.3 Å². The van der Waals surface area contributed by atoms with E-state index in [1.54, 1.807) is 0 Å². The minimum atomic E-state index is -1.03. The third-order valence-corrected chi connectivity index (χ3v) is 4.18. The SMILES string of the molecule is NC(=O)c1ncn([C@H]2[C@H](O)[C@H](O)[C@]3(CO)C[C@H]23)n1. The Morgan fingerprint density at radius 3 is 2.83 bits per heavy atom. The highest BCUT2D eigenvalue weighted by Gasteiger charge is 2.71. The summed E-state index contributed by atoms with van der Waals surface area (Å²) in [5.41, 5.74) is 4.42. The van der Waals surface area contributed by atoms with Crippen molar-refractivity contribution in [1.82, 2.24) is 14.8 Å². The third kappa shape index (κ3) is 1.27. The summed E-state index contributed by atoms with van der Waals surface area (Å²) in [4.78, 5) is 14.7. The molecule has 0 aromatic carbocycles. The number of carbonyl (C=O) groups is 1. The maximum atomic E-state index is 10.9. The van der Waals surface area contributed by atoms with Crippen molar-refractivity contribution in [2.75, 3.05) is 6.61 Å². The first-order valence-corrected chi connectivity index (χ1v) is 5.69. The van der Waals surface area contributed by atoms with Crippen LogP contribution in [-0.4, -0.2) is 54.8 Å². The number of fused-ring (bicyclic) bond motifs is 1. The summed E-state index contributed by atoms with van der Waals surface area (Å²) in [6.07, 6.45) is -0.0815. The zero-order chi connectivity index (χ0) is 13.1. The first-order chi connectivity index (χ1) is 8.51. The Balaban J connectivity index is 1.91. The molecule has 0 spiro atoms. The molecular formula is C10H14N4O4. The molecule has 8 heteroatoms. The molecular weight excluding hydrogens is 240 g/mol. The van der Waals surface area contributed by atoms with Crippen LogP contribution in [0.5, 0.6) is 0 Å². The molecule has 98 valence electrons. The van der Waals surface area contributed by atoms with Gasteiger partial charge in [0, 0.05) is 5.41 Å². The minimum absolute atomic E-state index is 0.0603. The van der Waals surface area contributed by atoms with E-state index in [0.29, 0.717) is 6.42 Å². The van der Waals surface area contributed by atoms with E-state index >= 15 is 0 Å². The fraction of sp³-hybridized carbons (Fsp3) is 0.700. The van der Waals surface area contributed by atoms with Crippen LogP contribution in [0, 0.1) is 11.3 Å². The van der Waals surface area contributed by atoms with Crippen LogP contribution in [0.3, 0.4) is 0 Å². The van der Waals surface area contributed by atoms with Gasteiger partial charge in [0.2, 0.25) is 5.82 Å². The Hall–Kier alpha value is -1.51. The smallest absolute Gasteiger partial charge is 0.288 e. The number of rotatable bonds is 3. The van der Waals surface area contributed by atoms with Gasteiger partial charge < -0.3 is 21.1 Å². The Kier molecular flexibility index (Phi) is 2.25. The number of aliphatic hydroxyl groups excluding tert-OH is 3. The number of aromatic nitrogens is 3. The standard InChI is InChI=1S/C10H14N4O4/c11-8(18)9-12-3-14(13-9)5-4-1-10(4,2-15)7(17)6(5)16/h3-7,15-17H,1-2H2,(H2,11,18)/t4-,5-,6+,7+,10+/m1/s1. The highest BCUT2D eigenvalue weighted by molar-refractivity contribution is 5.88. The van der Waals surface area contributed by atoms with Gasteiger partial charge in [0.15, 0.2) is 0 Å². The number of primary amides is 1. The van der Waals surface area contributed by atoms with Gasteiger partial charge in [0.25, 0.3) is 5.91 Å². The topological polar surface area (TPSA) is 134 Å². The van der Waals surface area contributed by atoms with Crippen LogP contribution in [0.2, 0.25) is 0 Å². The molecule has 0 radical (unpaired) electrons. The van der Waals surface area contributed by atoms with E-state index in [-0.39, 0.29) is 18.3 Å². The Labute approximate surface area is 102 Å². The number of carbonyl (C=O) groups excluding carboxylic acids is 1. The van der Waals surface area contributed by atoms with Crippen molar-refractivity contribution in [2.24, 2.45) is 17.1 Å². The predicted molar refractivity (Wildman–Crippen MR) is 57.2 cm³/mol. The van der Waals surface area contributed by atoms with Gasteiger partial charge in [-0.25, -0.2) is 9.67 Å². The number of aliphatic hydroxyl groups is 3. The maximum absolute atomic E-state index is 10.9. The molecule has 2 fully saturated rings. The maximum Gasteiger partial charge on any atom is 0.288 e. The Morgan fingerprint density at radius 1 is 1.61 bits per heavy atom. The van der Waals surface area contributed by atoms with Gasteiger partial charge >= 0.3 is 0 Å². The van der Waals surface area contributed by atoms with Crippen molar-refractivity contribution in [3.8, 4) is 0 Å². The van der Waals surface area contributed by atoms with E-state index in [1.165, 1.54) is 11.0 Å². The largest absolute Gasteiger partial charge is 0.396 e. The Bertz CT molecular complexity index is 504. The highest BCUT2D eigenvalue weighted by Crippen LogP contribution is 2.67. The number of nitrogens with zero attached hydrogens (tertiary/aromatic N) is 3. The molecule has 2 aliphatic carbocycles. The second-order valence-electron chi connectivity index (χ2n) is 5.04. The molecule has 1 aromatic heterocycles. The zero-order valence-corrected chi connectivity index (χ0v) is 9.47. The zero-order valence-electron chi connectivity index (χ0n) is 9.47. The lowest BCUT2D eigenvalue weighted by Crippen LogP contribution is -2.35. The summed E-state index contributed by atoms with van der Waals surface area (Å²) in [5.74, 6) is -0.931. The lowest BCUT2D eigenvalue weighted by Gasteiger charge is -2.22. The van der Waals surface area contributed by atoms with E-state index in [1.807, 2.05) is 0 Å². The minimum Gasteiger partial charge on any atom is -0.396 e. The second kappa shape index (κ2) is 3.50. The van der Waals surface area contributed by atoms with Crippen LogP contribution in [0.15, 0.2) is 6.33 Å². The Morgan fingerprint density at radius 2 is 2.33 bits per heavy atom. The average Bonchev–Trinajstić information content (AvgIpc) is 2.76. The summed E-state index contributed by atoms with van der Waals surface area (Å²) >= 11 is 0. The van der Waals surface area contributed by atoms with Crippen LogP contribution in [0.1, 0.15) is 23.1 Å². The van der Waals surface area contributed by atoms with Crippen molar-refractivity contribution in [3.63, 3.8) is 0 Å².